The average molecular weight is 445 g/mol. The van der Waals surface area contributed by atoms with Crippen molar-refractivity contribution in [3.63, 3.8) is 0 Å². The monoisotopic (exact) mass is 444 g/mol. The van der Waals surface area contributed by atoms with Crippen molar-refractivity contribution >= 4 is 11.9 Å². The van der Waals surface area contributed by atoms with Crippen molar-refractivity contribution in [2.24, 2.45) is 5.92 Å². The smallest absolute Gasteiger partial charge is 0.343 e. The molecule has 3 rings (SSSR count). The maximum atomic E-state index is 12.4. The fourth-order valence-corrected chi connectivity index (χ4v) is 2.94. The fraction of sp³-hybridized carbons (Fsp3) is 0.214. The third kappa shape index (κ3) is 6.81. The molecule has 3 aromatic rings. The molecule has 5 nitrogen and oxygen atoms in total. The summed E-state index contributed by atoms with van der Waals surface area (Å²) in [5.41, 5.74) is 2.84. The molecule has 0 saturated heterocycles. The Morgan fingerprint density at radius 1 is 0.818 bits per heavy atom. The van der Waals surface area contributed by atoms with Gasteiger partial charge in [0.05, 0.1) is 17.7 Å². The van der Waals surface area contributed by atoms with Gasteiger partial charge in [-0.1, -0.05) is 57.2 Å². The van der Waals surface area contributed by atoms with Crippen LogP contribution in [0.25, 0.3) is 11.1 Å². The van der Waals surface area contributed by atoms with E-state index in [-0.39, 0.29) is 5.97 Å². The van der Waals surface area contributed by atoms with E-state index in [0.717, 1.165) is 17.5 Å². The van der Waals surface area contributed by atoms with Crippen molar-refractivity contribution in [3.05, 3.63) is 96.6 Å². The van der Waals surface area contributed by atoms with Crippen molar-refractivity contribution in [2.75, 3.05) is 13.2 Å². The minimum atomic E-state index is -0.446. The summed E-state index contributed by atoms with van der Waals surface area (Å²) in [6, 6.07) is 21.2. The van der Waals surface area contributed by atoms with Gasteiger partial charge in [-0.15, -0.1) is 0 Å². The van der Waals surface area contributed by atoms with Gasteiger partial charge >= 0.3 is 11.9 Å². The Kier molecular flexibility index (Phi) is 8.42. The van der Waals surface area contributed by atoms with Crippen molar-refractivity contribution in [3.8, 4) is 22.6 Å². The number of ether oxygens (including phenoxy) is 3. The summed E-state index contributed by atoms with van der Waals surface area (Å²) >= 11 is 0. The van der Waals surface area contributed by atoms with Gasteiger partial charge < -0.3 is 14.2 Å². The molecule has 0 radical (unpaired) electrons. The molecule has 0 aliphatic carbocycles. The van der Waals surface area contributed by atoms with Crippen LogP contribution < -0.4 is 9.47 Å². The Bertz CT molecular complexity index is 1070. The van der Waals surface area contributed by atoms with Crippen LogP contribution in [0.4, 0.5) is 0 Å². The third-order valence-electron chi connectivity index (χ3n) is 5.17. The highest BCUT2D eigenvalue weighted by atomic mass is 16.5. The quantitative estimate of drug-likeness (QED) is 0.207. The van der Waals surface area contributed by atoms with Crippen molar-refractivity contribution in [1.29, 1.82) is 0 Å². The molecule has 33 heavy (non-hydrogen) atoms. The molecule has 0 aliphatic heterocycles. The molecule has 0 aromatic heterocycles. The van der Waals surface area contributed by atoms with Gasteiger partial charge in [0.15, 0.2) is 0 Å². The van der Waals surface area contributed by atoms with E-state index in [2.05, 4.69) is 13.5 Å². The molecule has 0 saturated carbocycles. The molecule has 0 aliphatic rings. The molecule has 0 heterocycles. The van der Waals surface area contributed by atoms with Crippen LogP contribution in [-0.2, 0) is 4.74 Å². The van der Waals surface area contributed by atoms with Crippen LogP contribution in [0.15, 0.2) is 85.5 Å². The normalized spacial score (nSPS) is 11.3. The standard InChI is InChI=1S/C28H28O5/c1-4-18-31-25-14-12-24(13-15-25)28(30)33-26-16-10-22(11-17-26)21-6-8-23(9-7-21)27(29)32-19-20(3)5-2/h4,6-17,20H,1,5,18-19H2,2-3H3/t20-/m0/s1. The molecule has 3 aromatic carbocycles. The summed E-state index contributed by atoms with van der Waals surface area (Å²) < 4.78 is 16.2. The molecule has 0 fully saturated rings. The zero-order valence-corrected chi connectivity index (χ0v) is 19.0. The molecule has 0 N–H and O–H groups in total. The number of esters is 2. The van der Waals surface area contributed by atoms with Crippen LogP contribution in [0, 0.1) is 5.92 Å². The first-order chi connectivity index (χ1) is 16.0. The lowest BCUT2D eigenvalue weighted by Gasteiger charge is -2.10. The predicted molar refractivity (Wildman–Crippen MR) is 129 cm³/mol. The SMILES string of the molecule is C=CCOc1ccc(C(=O)Oc2ccc(-c3ccc(C(=O)OC[C@@H](C)CC)cc3)cc2)cc1. The lowest BCUT2D eigenvalue weighted by Crippen LogP contribution is -2.11. The second-order valence-electron chi connectivity index (χ2n) is 7.73. The van der Waals surface area contributed by atoms with Crippen LogP contribution in [0.2, 0.25) is 0 Å². The minimum absolute atomic E-state index is 0.315. The summed E-state index contributed by atoms with van der Waals surface area (Å²) in [4.78, 5) is 24.5. The maximum Gasteiger partial charge on any atom is 0.343 e. The molecule has 5 heteroatoms. The second-order valence-corrected chi connectivity index (χ2v) is 7.73. The first-order valence-corrected chi connectivity index (χ1v) is 10.9. The van der Waals surface area contributed by atoms with Crippen molar-refractivity contribution < 1.29 is 23.8 Å². The topological polar surface area (TPSA) is 61.8 Å². The summed E-state index contributed by atoms with van der Waals surface area (Å²) in [5.74, 6) is 0.686. The Balaban J connectivity index is 1.59. The predicted octanol–water partition coefficient (Wildman–Crippen LogP) is 6.34. The van der Waals surface area contributed by atoms with E-state index in [4.69, 9.17) is 14.2 Å². The van der Waals surface area contributed by atoms with Gasteiger partial charge in [0, 0.05) is 0 Å². The molecule has 1 atom stereocenters. The largest absolute Gasteiger partial charge is 0.490 e. The van der Waals surface area contributed by atoms with Gasteiger partial charge in [0.25, 0.3) is 0 Å². The van der Waals surface area contributed by atoms with E-state index >= 15 is 0 Å². The fourth-order valence-electron chi connectivity index (χ4n) is 2.94. The average Bonchev–Trinajstić information content (AvgIpc) is 2.86. The van der Waals surface area contributed by atoms with Gasteiger partial charge in [0.2, 0.25) is 0 Å². The first-order valence-electron chi connectivity index (χ1n) is 10.9. The Hall–Kier alpha value is -3.86. The van der Waals surface area contributed by atoms with Gasteiger partial charge in [-0.05, 0) is 65.6 Å². The zero-order chi connectivity index (χ0) is 23.6. The van der Waals surface area contributed by atoms with E-state index < -0.39 is 5.97 Å². The highest BCUT2D eigenvalue weighted by Crippen LogP contribution is 2.24. The lowest BCUT2D eigenvalue weighted by molar-refractivity contribution is 0.0447. The lowest BCUT2D eigenvalue weighted by atomic mass is 10.0. The summed E-state index contributed by atoms with van der Waals surface area (Å²) in [7, 11) is 0. The van der Waals surface area contributed by atoms with Crippen LogP contribution in [0.3, 0.4) is 0 Å². The number of benzene rings is 3. The minimum Gasteiger partial charge on any atom is -0.490 e. The molecule has 170 valence electrons. The van der Waals surface area contributed by atoms with Crippen molar-refractivity contribution in [1.82, 2.24) is 0 Å². The molecule has 0 unspecified atom stereocenters. The molecule has 0 spiro atoms. The number of carbonyl (C=O) groups excluding carboxylic acids is 2. The summed E-state index contributed by atoms with van der Waals surface area (Å²) in [6.07, 6.45) is 2.62. The van der Waals surface area contributed by atoms with E-state index in [0.29, 0.717) is 41.8 Å². The van der Waals surface area contributed by atoms with Crippen LogP contribution >= 0.6 is 0 Å². The Morgan fingerprint density at radius 2 is 1.33 bits per heavy atom. The zero-order valence-electron chi connectivity index (χ0n) is 19.0. The van der Waals surface area contributed by atoms with E-state index in [9.17, 15) is 9.59 Å². The maximum absolute atomic E-state index is 12.4. The van der Waals surface area contributed by atoms with E-state index in [1.807, 2.05) is 31.2 Å². The highest BCUT2D eigenvalue weighted by molar-refractivity contribution is 5.91. The number of hydrogen-bond donors (Lipinski definition) is 0. The molecular formula is C28H28O5. The molecule has 0 bridgehead atoms. The van der Waals surface area contributed by atoms with Gasteiger partial charge in [-0.2, -0.15) is 0 Å². The highest BCUT2D eigenvalue weighted by Gasteiger charge is 2.11. The van der Waals surface area contributed by atoms with Crippen LogP contribution in [0.1, 0.15) is 41.0 Å². The van der Waals surface area contributed by atoms with E-state index in [1.54, 1.807) is 54.6 Å². The summed E-state index contributed by atoms with van der Waals surface area (Å²) in [6.45, 7) is 8.54. The Labute approximate surface area is 194 Å². The van der Waals surface area contributed by atoms with Crippen LogP contribution in [0.5, 0.6) is 11.5 Å². The second kappa shape index (κ2) is 11.7. The van der Waals surface area contributed by atoms with Gasteiger partial charge in [-0.3, -0.25) is 0 Å². The first kappa shape index (κ1) is 23.8. The molecule has 0 amide bonds. The number of carbonyl (C=O) groups is 2. The van der Waals surface area contributed by atoms with E-state index in [1.165, 1.54) is 0 Å². The van der Waals surface area contributed by atoms with Gasteiger partial charge in [0.1, 0.15) is 18.1 Å². The summed E-state index contributed by atoms with van der Waals surface area (Å²) in [5, 5.41) is 0. The Morgan fingerprint density at radius 3 is 1.91 bits per heavy atom. The third-order valence-corrected chi connectivity index (χ3v) is 5.17. The number of rotatable bonds is 10. The molecular weight excluding hydrogens is 416 g/mol. The van der Waals surface area contributed by atoms with Crippen LogP contribution in [-0.4, -0.2) is 25.2 Å². The number of hydrogen-bond acceptors (Lipinski definition) is 5. The van der Waals surface area contributed by atoms with Gasteiger partial charge in [-0.25, -0.2) is 9.59 Å². The van der Waals surface area contributed by atoms with Crippen molar-refractivity contribution in [2.45, 2.75) is 20.3 Å².